The van der Waals surface area contributed by atoms with Gasteiger partial charge in [0.05, 0.1) is 19.8 Å². The highest BCUT2D eigenvalue weighted by Gasteiger charge is 2.24. The van der Waals surface area contributed by atoms with Crippen LogP contribution in [-0.2, 0) is 0 Å². The van der Waals surface area contributed by atoms with Crippen molar-refractivity contribution >= 4 is 26.5 Å². The molecule has 0 spiro atoms. The number of amides is 1. The minimum absolute atomic E-state index is 0.266. The predicted octanol–water partition coefficient (Wildman–Crippen LogP) is 2.00. The molecule has 1 aromatic carbocycles. The minimum Gasteiger partial charge on any atom is -0.493 e. The van der Waals surface area contributed by atoms with E-state index in [-0.39, 0.29) is 5.91 Å². The zero-order valence-electron chi connectivity index (χ0n) is 8.20. The van der Waals surface area contributed by atoms with E-state index in [0.717, 1.165) is 5.56 Å². The second-order valence-electron chi connectivity index (χ2n) is 2.96. The highest BCUT2D eigenvalue weighted by atomic mass is 79.9. The number of hydrogen-bond acceptors (Lipinski definition) is 3. The number of benzene rings is 1. The lowest BCUT2D eigenvalue weighted by Crippen LogP contribution is -1.98. The summed E-state index contributed by atoms with van der Waals surface area (Å²) in [6.45, 7) is 0. The number of halogens is 1. The molecule has 5 heteroatoms. The third-order valence-corrected chi connectivity index (χ3v) is 2.78. The maximum Gasteiger partial charge on any atom is 0.278 e. The summed E-state index contributed by atoms with van der Waals surface area (Å²) in [7, 11) is 3.08. The van der Waals surface area contributed by atoms with Crippen molar-refractivity contribution in [1.82, 2.24) is 0 Å². The maximum atomic E-state index is 11.4. The molecule has 0 fully saturated rings. The summed E-state index contributed by atoms with van der Waals surface area (Å²) in [5, 5.41) is 0. The van der Waals surface area contributed by atoms with E-state index in [0.29, 0.717) is 21.7 Å². The second kappa shape index (κ2) is 3.66. The molecule has 0 saturated carbocycles. The van der Waals surface area contributed by atoms with Gasteiger partial charge in [-0.15, -0.1) is 0 Å². The maximum absolute atomic E-state index is 11.4. The highest BCUT2D eigenvalue weighted by molar-refractivity contribution is 9.18. The zero-order valence-corrected chi connectivity index (χ0v) is 9.79. The van der Waals surface area contributed by atoms with Crippen LogP contribution in [0.3, 0.4) is 0 Å². The summed E-state index contributed by atoms with van der Waals surface area (Å²) < 4.78 is 10.8. The number of rotatable bonds is 2. The number of methoxy groups -OCH3 is 2. The van der Waals surface area contributed by atoms with Crippen molar-refractivity contribution in [3.8, 4) is 11.5 Å². The van der Waals surface area contributed by atoms with Gasteiger partial charge in [0.2, 0.25) is 0 Å². The van der Waals surface area contributed by atoms with Crippen LogP contribution in [0, 0.1) is 0 Å². The summed E-state index contributed by atoms with van der Waals surface area (Å²) in [6.07, 6.45) is 0. The summed E-state index contributed by atoms with van der Waals surface area (Å²) in [4.78, 5) is 15.2. The first kappa shape index (κ1) is 10.2. The molecule has 0 bridgehead atoms. The van der Waals surface area contributed by atoms with Gasteiger partial charge in [0.25, 0.3) is 5.91 Å². The molecule has 1 amide bonds. The molecule has 2 rings (SSSR count). The third-order valence-electron chi connectivity index (χ3n) is 2.18. The number of nitrogens with zero attached hydrogens (tertiary/aromatic N) is 1. The SMILES string of the molecule is COc1cc2c(cc1OC)C(Br)=NC2=O. The van der Waals surface area contributed by atoms with Crippen LogP contribution in [0.1, 0.15) is 15.9 Å². The fourth-order valence-corrected chi connectivity index (χ4v) is 1.93. The number of ether oxygens (including phenoxy) is 2. The molecule has 15 heavy (non-hydrogen) atoms. The number of hydrogen-bond donors (Lipinski definition) is 0. The summed E-state index contributed by atoms with van der Waals surface area (Å²) >= 11 is 3.22. The number of fused-ring (bicyclic) bond motifs is 1. The van der Waals surface area contributed by atoms with Gasteiger partial charge < -0.3 is 9.47 Å². The summed E-state index contributed by atoms with van der Waals surface area (Å²) in [5.74, 6) is 0.845. The Morgan fingerprint density at radius 3 is 2.20 bits per heavy atom. The molecule has 0 N–H and O–H groups in total. The van der Waals surface area contributed by atoms with E-state index >= 15 is 0 Å². The topological polar surface area (TPSA) is 47.9 Å². The van der Waals surface area contributed by atoms with E-state index in [1.54, 1.807) is 19.2 Å². The van der Waals surface area contributed by atoms with Gasteiger partial charge in [-0.05, 0) is 28.1 Å². The van der Waals surface area contributed by atoms with Crippen LogP contribution in [0.4, 0.5) is 0 Å². The van der Waals surface area contributed by atoms with E-state index in [9.17, 15) is 4.79 Å². The Bertz CT molecular complexity index is 468. The van der Waals surface area contributed by atoms with Crippen LogP contribution < -0.4 is 9.47 Å². The first-order valence-corrected chi connectivity index (χ1v) is 5.01. The van der Waals surface area contributed by atoms with Crippen LogP contribution in [0.5, 0.6) is 11.5 Å². The highest BCUT2D eigenvalue weighted by Crippen LogP contribution is 2.34. The molecule has 0 radical (unpaired) electrons. The quantitative estimate of drug-likeness (QED) is 0.825. The summed E-state index contributed by atoms with van der Waals surface area (Å²) in [5.41, 5.74) is 1.26. The van der Waals surface area contributed by atoms with Crippen molar-refractivity contribution in [2.24, 2.45) is 4.99 Å². The Balaban J connectivity index is 2.63. The van der Waals surface area contributed by atoms with Gasteiger partial charge in [-0.1, -0.05) is 0 Å². The molecule has 0 aliphatic carbocycles. The monoisotopic (exact) mass is 269 g/mol. The van der Waals surface area contributed by atoms with Crippen molar-refractivity contribution in [3.63, 3.8) is 0 Å². The van der Waals surface area contributed by atoms with E-state index in [4.69, 9.17) is 9.47 Å². The van der Waals surface area contributed by atoms with Gasteiger partial charge in [-0.2, -0.15) is 0 Å². The van der Waals surface area contributed by atoms with Crippen LogP contribution in [-0.4, -0.2) is 24.7 Å². The third kappa shape index (κ3) is 1.52. The van der Waals surface area contributed by atoms with Crippen molar-refractivity contribution in [2.75, 3.05) is 14.2 Å². The van der Waals surface area contributed by atoms with Crippen LogP contribution >= 0.6 is 15.9 Å². The predicted molar refractivity (Wildman–Crippen MR) is 59.3 cm³/mol. The lowest BCUT2D eigenvalue weighted by molar-refractivity contribution is 0.101. The minimum atomic E-state index is -0.266. The van der Waals surface area contributed by atoms with E-state index in [1.807, 2.05) is 0 Å². The normalized spacial score (nSPS) is 13.5. The van der Waals surface area contributed by atoms with Crippen molar-refractivity contribution in [2.45, 2.75) is 0 Å². The Morgan fingerprint density at radius 1 is 1.13 bits per heavy atom. The molecule has 0 atom stereocenters. The van der Waals surface area contributed by atoms with Gasteiger partial charge in [-0.25, -0.2) is 4.99 Å². The molecule has 0 unspecified atom stereocenters. The lowest BCUT2D eigenvalue weighted by atomic mass is 10.1. The lowest BCUT2D eigenvalue weighted by Gasteiger charge is -2.08. The van der Waals surface area contributed by atoms with Crippen molar-refractivity contribution in [1.29, 1.82) is 0 Å². The van der Waals surface area contributed by atoms with Gasteiger partial charge in [0, 0.05) is 5.56 Å². The van der Waals surface area contributed by atoms with Crippen molar-refractivity contribution < 1.29 is 14.3 Å². The molecule has 0 saturated heterocycles. The molecule has 1 aliphatic heterocycles. The first-order chi connectivity index (χ1) is 7.17. The second-order valence-corrected chi connectivity index (χ2v) is 3.71. The molecule has 1 aliphatic rings. The van der Waals surface area contributed by atoms with Crippen LogP contribution in [0.2, 0.25) is 0 Å². The van der Waals surface area contributed by atoms with Gasteiger partial charge >= 0.3 is 0 Å². The number of carbonyl (C=O) groups is 1. The van der Waals surface area contributed by atoms with Gasteiger partial charge in [0.15, 0.2) is 11.5 Å². The Kier molecular flexibility index (Phi) is 2.48. The molecule has 1 aromatic rings. The molecule has 1 heterocycles. The molecule has 0 aromatic heterocycles. The van der Waals surface area contributed by atoms with Gasteiger partial charge in [-0.3, -0.25) is 4.79 Å². The smallest absolute Gasteiger partial charge is 0.278 e. The summed E-state index contributed by atoms with van der Waals surface area (Å²) in [6, 6.07) is 3.36. The largest absolute Gasteiger partial charge is 0.493 e. The Hall–Kier alpha value is -1.36. The number of carbonyl (C=O) groups excluding carboxylic acids is 1. The van der Waals surface area contributed by atoms with Crippen LogP contribution in [0.25, 0.3) is 0 Å². The molecule has 4 nitrogen and oxygen atoms in total. The van der Waals surface area contributed by atoms with E-state index < -0.39 is 0 Å². The Labute approximate surface area is 95.0 Å². The van der Waals surface area contributed by atoms with Crippen LogP contribution in [0.15, 0.2) is 17.1 Å². The van der Waals surface area contributed by atoms with E-state index in [2.05, 4.69) is 20.9 Å². The standard InChI is InChI=1S/C10H8BrNO3/c1-14-7-3-5-6(4-8(7)15-2)10(13)12-9(5)11/h3-4H,1-2H3. The molecular weight excluding hydrogens is 262 g/mol. The fourth-order valence-electron chi connectivity index (χ4n) is 1.44. The molecular formula is C10H8BrNO3. The Morgan fingerprint density at radius 2 is 1.67 bits per heavy atom. The van der Waals surface area contributed by atoms with E-state index in [1.165, 1.54) is 7.11 Å². The first-order valence-electron chi connectivity index (χ1n) is 4.22. The average Bonchev–Trinajstić information content (AvgIpc) is 2.52. The number of aliphatic imine (C=N–C) groups is 1. The molecule has 78 valence electrons. The average molecular weight is 270 g/mol. The zero-order chi connectivity index (χ0) is 11.0. The fraction of sp³-hybridized carbons (Fsp3) is 0.200. The van der Waals surface area contributed by atoms with Gasteiger partial charge in [0.1, 0.15) is 4.62 Å². The van der Waals surface area contributed by atoms with Crippen molar-refractivity contribution in [3.05, 3.63) is 23.3 Å².